The summed E-state index contributed by atoms with van der Waals surface area (Å²) in [4.78, 5) is -0.151. The highest BCUT2D eigenvalue weighted by atomic mass is 35.5. The van der Waals surface area contributed by atoms with Crippen LogP contribution in [0.1, 0.15) is 12.6 Å². The van der Waals surface area contributed by atoms with Crippen molar-refractivity contribution in [1.82, 2.24) is 10.2 Å². The van der Waals surface area contributed by atoms with Gasteiger partial charge >= 0.3 is 0 Å². The number of nitrogens with one attached hydrogen (secondary N) is 2. The lowest BCUT2D eigenvalue weighted by Gasteiger charge is -2.09. The zero-order valence-corrected chi connectivity index (χ0v) is 12.8. The first-order valence-corrected chi connectivity index (χ1v) is 7.89. The Morgan fingerprint density at radius 1 is 1.40 bits per heavy atom. The first-order valence-electron chi connectivity index (χ1n) is 5.65. The zero-order chi connectivity index (χ0) is 14.9. The number of aryl methyl sites for hydroxylation is 1. The summed E-state index contributed by atoms with van der Waals surface area (Å²) < 4.78 is 26.8. The molecular formula is C11H12Cl2N4O2S. The molecule has 0 aliphatic rings. The third-order valence-corrected chi connectivity index (χ3v) is 4.88. The van der Waals surface area contributed by atoms with Crippen molar-refractivity contribution >= 4 is 44.7 Å². The molecule has 6 nitrogen and oxygen atoms in total. The van der Waals surface area contributed by atoms with E-state index < -0.39 is 10.0 Å². The van der Waals surface area contributed by atoms with Gasteiger partial charge in [0.2, 0.25) is 0 Å². The summed E-state index contributed by atoms with van der Waals surface area (Å²) in [6.07, 6.45) is 0.712. The van der Waals surface area contributed by atoms with E-state index in [0.29, 0.717) is 6.42 Å². The smallest absolute Gasteiger partial charge is 0.264 e. The van der Waals surface area contributed by atoms with Crippen LogP contribution in [0.5, 0.6) is 0 Å². The number of aromatic nitrogens is 2. The second-order valence-electron chi connectivity index (χ2n) is 4.01. The van der Waals surface area contributed by atoms with E-state index in [2.05, 4.69) is 14.9 Å². The molecule has 4 N–H and O–H groups in total. The molecule has 0 amide bonds. The minimum atomic E-state index is -3.88. The van der Waals surface area contributed by atoms with Gasteiger partial charge in [-0.3, -0.25) is 9.82 Å². The Labute approximate surface area is 126 Å². The number of nitrogen functional groups attached to an aromatic ring is 1. The topological polar surface area (TPSA) is 101 Å². The van der Waals surface area contributed by atoms with Crippen LogP contribution in [0.3, 0.4) is 0 Å². The number of halogens is 2. The Hall–Kier alpha value is -1.44. The zero-order valence-electron chi connectivity index (χ0n) is 10.4. The third-order valence-electron chi connectivity index (χ3n) is 2.63. The number of anilines is 2. The van der Waals surface area contributed by atoms with Crippen LogP contribution >= 0.6 is 23.2 Å². The average Bonchev–Trinajstić information content (AvgIpc) is 2.82. The Bertz CT molecular complexity index is 743. The standard InChI is InChI=1S/C11H12Cl2N4O2S/c1-2-6-5-9(16-15-6)17-20(18,19)8-4-3-7(12)11(14)10(8)13/h3-5H,2,14H2,1H3,(H2,15,16,17). The predicted octanol–water partition coefficient (Wildman–Crippen LogP) is 2.66. The molecule has 0 atom stereocenters. The SMILES string of the molecule is CCc1cc(NS(=O)(=O)c2ccc(Cl)c(N)c2Cl)n[nH]1. The lowest BCUT2D eigenvalue weighted by molar-refractivity contribution is 0.601. The molecule has 2 aromatic rings. The quantitative estimate of drug-likeness (QED) is 0.748. The van der Waals surface area contributed by atoms with Gasteiger partial charge in [-0.25, -0.2) is 8.42 Å². The van der Waals surface area contributed by atoms with E-state index in [0.717, 1.165) is 5.69 Å². The predicted molar refractivity (Wildman–Crippen MR) is 79.6 cm³/mol. The van der Waals surface area contributed by atoms with Gasteiger partial charge in [0.05, 0.1) is 15.7 Å². The molecular weight excluding hydrogens is 323 g/mol. The van der Waals surface area contributed by atoms with Gasteiger partial charge in [-0.2, -0.15) is 5.10 Å². The molecule has 0 saturated carbocycles. The molecule has 108 valence electrons. The summed E-state index contributed by atoms with van der Waals surface area (Å²) in [6, 6.07) is 4.26. The van der Waals surface area contributed by atoms with Crippen molar-refractivity contribution in [3.8, 4) is 0 Å². The summed E-state index contributed by atoms with van der Waals surface area (Å²) in [5.74, 6) is 0.187. The number of nitrogens with two attached hydrogens (primary N) is 1. The van der Waals surface area contributed by atoms with E-state index in [-0.39, 0.29) is 26.4 Å². The molecule has 0 bridgehead atoms. The number of hydrogen-bond acceptors (Lipinski definition) is 4. The van der Waals surface area contributed by atoms with Gasteiger partial charge < -0.3 is 5.73 Å². The van der Waals surface area contributed by atoms with Crippen molar-refractivity contribution in [3.05, 3.63) is 33.9 Å². The maximum Gasteiger partial charge on any atom is 0.264 e. The highest BCUT2D eigenvalue weighted by molar-refractivity contribution is 7.92. The maximum absolute atomic E-state index is 12.2. The van der Waals surface area contributed by atoms with E-state index in [1.165, 1.54) is 12.1 Å². The lowest BCUT2D eigenvalue weighted by atomic mass is 10.3. The Morgan fingerprint density at radius 3 is 2.70 bits per heavy atom. The number of hydrogen-bond donors (Lipinski definition) is 3. The van der Waals surface area contributed by atoms with Gasteiger partial charge in [0.15, 0.2) is 5.82 Å². The normalized spacial score (nSPS) is 11.6. The number of nitrogens with zero attached hydrogens (tertiary/aromatic N) is 1. The molecule has 0 aliphatic carbocycles. The minimum Gasteiger partial charge on any atom is -0.396 e. The van der Waals surface area contributed by atoms with Gasteiger partial charge in [-0.1, -0.05) is 30.1 Å². The Morgan fingerprint density at radius 2 is 2.10 bits per heavy atom. The fraction of sp³-hybridized carbons (Fsp3) is 0.182. The van der Waals surface area contributed by atoms with Crippen LogP contribution in [-0.2, 0) is 16.4 Å². The molecule has 0 fully saturated rings. The summed E-state index contributed by atoms with van der Waals surface area (Å²) in [6.45, 7) is 1.92. The summed E-state index contributed by atoms with van der Waals surface area (Å²) in [7, 11) is -3.88. The van der Waals surface area contributed by atoms with Gasteiger partial charge in [0, 0.05) is 11.8 Å². The molecule has 1 aromatic heterocycles. The number of aromatic amines is 1. The van der Waals surface area contributed by atoms with Gasteiger partial charge in [0.25, 0.3) is 10.0 Å². The second kappa shape index (κ2) is 5.51. The molecule has 2 rings (SSSR count). The van der Waals surface area contributed by atoms with Crippen LogP contribution in [0, 0.1) is 0 Å². The van der Waals surface area contributed by atoms with Crippen molar-refractivity contribution in [1.29, 1.82) is 0 Å². The van der Waals surface area contributed by atoms with E-state index in [4.69, 9.17) is 28.9 Å². The van der Waals surface area contributed by atoms with Crippen LogP contribution in [0.25, 0.3) is 0 Å². The highest BCUT2D eigenvalue weighted by Gasteiger charge is 2.21. The fourth-order valence-electron chi connectivity index (χ4n) is 1.54. The molecule has 1 heterocycles. The van der Waals surface area contributed by atoms with Gasteiger partial charge in [0.1, 0.15) is 4.90 Å². The van der Waals surface area contributed by atoms with E-state index in [9.17, 15) is 8.42 Å². The number of sulfonamides is 1. The van der Waals surface area contributed by atoms with Crippen molar-refractivity contribution in [3.63, 3.8) is 0 Å². The molecule has 0 radical (unpaired) electrons. The van der Waals surface area contributed by atoms with Crippen LogP contribution in [-0.4, -0.2) is 18.6 Å². The first kappa shape index (κ1) is 15.0. The van der Waals surface area contributed by atoms with Crippen LogP contribution in [0.2, 0.25) is 10.0 Å². The third kappa shape index (κ3) is 2.84. The molecule has 20 heavy (non-hydrogen) atoms. The molecule has 0 aliphatic heterocycles. The molecule has 0 spiro atoms. The Balaban J connectivity index is 2.38. The molecule has 0 unspecified atom stereocenters. The van der Waals surface area contributed by atoms with Crippen molar-refractivity contribution < 1.29 is 8.42 Å². The largest absolute Gasteiger partial charge is 0.396 e. The molecule has 0 saturated heterocycles. The summed E-state index contributed by atoms with van der Waals surface area (Å²) in [5.41, 5.74) is 6.45. The molecule has 1 aromatic carbocycles. The van der Waals surface area contributed by atoms with E-state index in [1.807, 2.05) is 6.92 Å². The first-order chi connectivity index (χ1) is 9.35. The minimum absolute atomic E-state index is 0.0208. The highest BCUT2D eigenvalue weighted by Crippen LogP contribution is 2.33. The number of H-pyrrole nitrogens is 1. The number of rotatable bonds is 4. The summed E-state index contributed by atoms with van der Waals surface area (Å²) >= 11 is 11.7. The monoisotopic (exact) mass is 334 g/mol. The van der Waals surface area contributed by atoms with Crippen molar-refractivity contribution in [2.24, 2.45) is 0 Å². The van der Waals surface area contributed by atoms with Crippen LogP contribution in [0.15, 0.2) is 23.1 Å². The van der Waals surface area contributed by atoms with Crippen LogP contribution in [0.4, 0.5) is 11.5 Å². The van der Waals surface area contributed by atoms with Gasteiger partial charge in [-0.15, -0.1) is 0 Å². The van der Waals surface area contributed by atoms with E-state index >= 15 is 0 Å². The summed E-state index contributed by atoms with van der Waals surface area (Å²) in [5, 5.41) is 6.64. The maximum atomic E-state index is 12.2. The fourth-order valence-corrected chi connectivity index (χ4v) is 3.30. The van der Waals surface area contributed by atoms with Gasteiger partial charge in [-0.05, 0) is 18.6 Å². The molecule has 9 heteroatoms. The van der Waals surface area contributed by atoms with E-state index in [1.54, 1.807) is 6.07 Å². The number of benzene rings is 1. The Kier molecular flexibility index (Phi) is 4.12. The van der Waals surface area contributed by atoms with Crippen molar-refractivity contribution in [2.75, 3.05) is 10.5 Å². The van der Waals surface area contributed by atoms with Crippen LogP contribution < -0.4 is 10.5 Å². The second-order valence-corrected chi connectivity index (χ2v) is 6.45. The van der Waals surface area contributed by atoms with Crippen molar-refractivity contribution in [2.45, 2.75) is 18.2 Å². The average molecular weight is 335 g/mol. The lowest BCUT2D eigenvalue weighted by Crippen LogP contribution is -2.14.